The summed E-state index contributed by atoms with van der Waals surface area (Å²) in [6.45, 7) is 11.5. The second kappa shape index (κ2) is 5.26. The van der Waals surface area contributed by atoms with Crippen LogP contribution in [0, 0.1) is 19.8 Å². The highest BCUT2D eigenvalue weighted by Gasteiger charge is 2.24. The van der Waals surface area contributed by atoms with Crippen LogP contribution in [0.1, 0.15) is 24.4 Å². The highest BCUT2D eigenvalue weighted by atomic mass is 32.1. The molecule has 1 aliphatic rings. The van der Waals surface area contributed by atoms with Gasteiger partial charge in [-0.05, 0) is 13.8 Å². The maximum Gasteiger partial charge on any atom is 0.225 e. The lowest BCUT2D eigenvalue weighted by atomic mass is 10.2. The van der Waals surface area contributed by atoms with Crippen molar-refractivity contribution in [3.63, 3.8) is 0 Å². The minimum absolute atomic E-state index is 0.0981. The van der Waals surface area contributed by atoms with Crippen molar-refractivity contribution in [2.45, 2.75) is 27.7 Å². The fourth-order valence-corrected chi connectivity index (χ4v) is 3.04. The van der Waals surface area contributed by atoms with Crippen LogP contribution in [0.3, 0.4) is 0 Å². The number of thiazole rings is 1. The Morgan fingerprint density at radius 2 is 1.83 bits per heavy atom. The molecule has 1 aliphatic heterocycles. The van der Waals surface area contributed by atoms with Crippen molar-refractivity contribution in [3.05, 3.63) is 10.6 Å². The first-order valence-corrected chi connectivity index (χ1v) is 7.28. The number of aryl methyl sites for hydroxylation is 2. The molecule has 2 heterocycles. The van der Waals surface area contributed by atoms with Crippen LogP contribution in [-0.2, 0) is 4.79 Å². The van der Waals surface area contributed by atoms with E-state index in [1.54, 1.807) is 11.3 Å². The first-order chi connectivity index (χ1) is 8.49. The zero-order valence-electron chi connectivity index (χ0n) is 11.6. The Morgan fingerprint density at radius 1 is 1.22 bits per heavy atom. The molecule has 0 radical (unpaired) electrons. The van der Waals surface area contributed by atoms with Gasteiger partial charge < -0.3 is 9.80 Å². The number of carbonyl (C=O) groups is 1. The third-order valence-corrected chi connectivity index (χ3v) is 4.51. The number of piperazine rings is 1. The Morgan fingerprint density at radius 3 is 2.28 bits per heavy atom. The molecule has 1 amide bonds. The maximum atomic E-state index is 11.9. The fourth-order valence-electron chi connectivity index (χ4n) is 2.07. The van der Waals surface area contributed by atoms with Gasteiger partial charge in [-0.1, -0.05) is 13.8 Å². The van der Waals surface area contributed by atoms with Gasteiger partial charge in [0.1, 0.15) is 0 Å². The molecule has 0 unspecified atom stereocenters. The summed E-state index contributed by atoms with van der Waals surface area (Å²) in [5, 5.41) is 1.10. The lowest BCUT2D eigenvalue weighted by Crippen LogP contribution is -2.49. The van der Waals surface area contributed by atoms with Crippen molar-refractivity contribution in [1.82, 2.24) is 9.88 Å². The molecule has 18 heavy (non-hydrogen) atoms. The van der Waals surface area contributed by atoms with Gasteiger partial charge in [-0.25, -0.2) is 4.98 Å². The summed E-state index contributed by atoms with van der Waals surface area (Å²) < 4.78 is 0. The van der Waals surface area contributed by atoms with E-state index in [2.05, 4.69) is 16.8 Å². The van der Waals surface area contributed by atoms with Crippen LogP contribution in [0.4, 0.5) is 5.13 Å². The molecule has 0 atom stereocenters. The molecule has 1 aromatic rings. The van der Waals surface area contributed by atoms with Gasteiger partial charge in [0.2, 0.25) is 5.91 Å². The Hall–Kier alpha value is -1.10. The Balaban J connectivity index is 1.96. The molecule has 1 fully saturated rings. The van der Waals surface area contributed by atoms with Crippen molar-refractivity contribution < 1.29 is 4.79 Å². The topological polar surface area (TPSA) is 36.4 Å². The van der Waals surface area contributed by atoms with Crippen molar-refractivity contribution in [2.24, 2.45) is 5.92 Å². The van der Waals surface area contributed by atoms with Crippen LogP contribution in [0.2, 0.25) is 0 Å². The van der Waals surface area contributed by atoms with Crippen molar-refractivity contribution >= 4 is 22.4 Å². The normalized spacial score (nSPS) is 16.5. The van der Waals surface area contributed by atoms with Crippen LogP contribution in [0.25, 0.3) is 0 Å². The number of amides is 1. The van der Waals surface area contributed by atoms with E-state index in [1.165, 1.54) is 4.88 Å². The number of hydrogen-bond acceptors (Lipinski definition) is 4. The van der Waals surface area contributed by atoms with Crippen LogP contribution in [0.15, 0.2) is 0 Å². The van der Waals surface area contributed by atoms with Crippen LogP contribution in [-0.4, -0.2) is 42.0 Å². The summed E-state index contributed by atoms with van der Waals surface area (Å²) in [4.78, 5) is 22.0. The minimum atomic E-state index is 0.0981. The summed E-state index contributed by atoms with van der Waals surface area (Å²) in [5.41, 5.74) is 1.12. The Bertz CT molecular complexity index is 414. The molecule has 0 aliphatic carbocycles. The number of anilines is 1. The molecule has 0 N–H and O–H groups in total. The number of hydrogen-bond donors (Lipinski definition) is 0. The van der Waals surface area contributed by atoms with Gasteiger partial charge in [0, 0.05) is 37.0 Å². The largest absolute Gasteiger partial charge is 0.345 e. The number of aromatic nitrogens is 1. The molecular weight excluding hydrogens is 246 g/mol. The minimum Gasteiger partial charge on any atom is -0.345 e. The molecule has 1 aromatic heterocycles. The molecular formula is C13H21N3OS. The molecule has 4 nitrogen and oxygen atoms in total. The SMILES string of the molecule is Cc1nc(N2CCN(C(=O)C(C)C)CC2)sc1C. The standard InChI is InChI=1S/C13H21N3OS/c1-9(2)12(17)15-5-7-16(8-6-15)13-14-10(3)11(4)18-13/h9H,5-8H2,1-4H3. The predicted molar refractivity (Wildman–Crippen MR) is 75.2 cm³/mol. The summed E-state index contributed by atoms with van der Waals surface area (Å²) in [6.07, 6.45) is 0. The summed E-state index contributed by atoms with van der Waals surface area (Å²) in [6, 6.07) is 0. The van der Waals surface area contributed by atoms with E-state index in [0.717, 1.165) is 37.0 Å². The molecule has 0 aromatic carbocycles. The quantitative estimate of drug-likeness (QED) is 0.823. The lowest BCUT2D eigenvalue weighted by molar-refractivity contribution is -0.134. The zero-order valence-corrected chi connectivity index (χ0v) is 12.4. The van der Waals surface area contributed by atoms with Crippen molar-refractivity contribution in [1.29, 1.82) is 0 Å². The van der Waals surface area contributed by atoms with Crippen molar-refractivity contribution in [2.75, 3.05) is 31.1 Å². The first-order valence-electron chi connectivity index (χ1n) is 6.47. The van der Waals surface area contributed by atoms with Crippen molar-refractivity contribution in [3.8, 4) is 0 Å². The van der Waals surface area contributed by atoms with Gasteiger partial charge in [0.05, 0.1) is 5.69 Å². The fraction of sp³-hybridized carbons (Fsp3) is 0.692. The van der Waals surface area contributed by atoms with Gasteiger partial charge in [-0.15, -0.1) is 11.3 Å². The molecule has 0 spiro atoms. The molecule has 2 rings (SSSR count). The second-order valence-electron chi connectivity index (χ2n) is 5.11. The van der Waals surface area contributed by atoms with E-state index in [4.69, 9.17) is 0 Å². The van der Waals surface area contributed by atoms with E-state index in [1.807, 2.05) is 25.7 Å². The van der Waals surface area contributed by atoms with Crippen LogP contribution < -0.4 is 4.90 Å². The van der Waals surface area contributed by atoms with Gasteiger partial charge in [0.25, 0.3) is 0 Å². The van der Waals surface area contributed by atoms with Gasteiger partial charge in [-0.3, -0.25) is 4.79 Å². The Labute approximate surface area is 113 Å². The van der Waals surface area contributed by atoms with Gasteiger partial charge >= 0.3 is 0 Å². The lowest BCUT2D eigenvalue weighted by Gasteiger charge is -2.35. The van der Waals surface area contributed by atoms with E-state index in [-0.39, 0.29) is 11.8 Å². The third kappa shape index (κ3) is 2.66. The average Bonchev–Trinajstić information content (AvgIpc) is 2.69. The number of rotatable bonds is 2. The molecule has 100 valence electrons. The maximum absolute atomic E-state index is 11.9. The van der Waals surface area contributed by atoms with Crippen LogP contribution in [0.5, 0.6) is 0 Å². The smallest absolute Gasteiger partial charge is 0.225 e. The highest BCUT2D eigenvalue weighted by Crippen LogP contribution is 2.26. The molecule has 0 bridgehead atoms. The molecule has 5 heteroatoms. The third-order valence-electron chi connectivity index (χ3n) is 3.37. The highest BCUT2D eigenvalue weighted by molar-refractivity contribution is 7.15. The first kappa shape index (κ1) is 13.3. The number of carbonyl (C=O) groups excluding carboxylic acids is 1. The molecule has 0 saturated carbocycles. The predicted octanol–water partition coefficient (Wildman–Crippen LogP) is 2.06. The van der Waals surface area contributed by atoms with E-state index >= 15 is 0 Å². The summed E-state index contributed by atoms with van der Waals surface area (Å²) in [7, 11) is 0. The van der Waals surface area contributed by atoms with Crippen LogP contribution >= 0.6 is 11.3 Å². The van der Waals surface area contributed by atoms with Gasteiger partial charge in [-0.2, -0.15) is 0 Å². The van der Waals surface area contributed by atoms with E-state index in [9.17, 15) is 4.79 Å². The van der Waals surface area contributed by atoms with E-state index < -0.39 is 0 Å². The Kier molecular flexibility index (Phi) is 3.90. The average molecular weight is 267 g/mol. The summed E-state index contributed by atoms with van der Waals surface area (Å²) in [5.74, 6) is 0.363. The van der Waals surface area contributed by atoms with Gasteiger partial charge in [0.15, 0.2) is 5.13 Å². The van der Waals surface area contributed by atoms with E-state index in [0.29, 0.717) is 0 Å². The second-order valence-corrected chi connectivity index (χ2v) is 6.29. The molecule has 1 saturated heterocycles. The summed E-state index contributed by atoms with van der Waals surface area (Å²) >= 11 is 1.75. The number of nitrogens with zero attached hydrogens (tertiary/aromatic N) is 3. The zero-order chi connectivity index (χ0) is 13.3. The monoisotopic (exact) mass is 267 g/mol.